The zero-order valence-corrected chi connectivity index (χ0v) is 14.4. The minimum atomic E-state index is -1.16. The van der Waals surface area contributed by atoms with Crippen molar-refractivity contribution < 1.29 is 19.8 Å². The predicted octanol–water partition coefficient (Wildman–Crippen LogP) is 4.43. The molecule has 0 aromatic heterocycles. The lowest BCUT2D eigenvalue weighted by molar-refractivity contribution is -0.167. The van der Waals surface area contributed by atoms with Gasteiger partial charge in [-0.15, -0.1) is 0 Å². The third-order valence-electron chi connectivity index (χ3n) is 4.40. The van der Waals surface area contributed by atoms with Gasteiger partial charge in [0.05, 0.1) is 11.3 Å². The summed E-state index contributed by atoms with van der Waals surface area (Å²) < 4.78 is 0. The van der Waals surface area contributed by atoms with Crippen LogP contribution in [0.25, 0.3) is 0 Å². The van der Waals surface area contributed by atoms with E-state index in [1.54, 1.807) is 6.92 Å². The Labute approximate surface area is 128 Å². The highest BCUT2D eigenvalue weighted by Crippen LogP contribution is 2.44. The molecule has 3 atom stereocenters. The first-order chi connectivity index (χ1) is 9.51. The Morgan fingerprint density at radius 3 is 1.90 bits per heavy atom. The zero-order chi connectivity index (χ0) is 16.8. The Balaban J connectivity index is 5.62. The molecule has 0 rings (SSSR count). The fourth-order valence-corrected chi connectivity index (χ4v) is 3.54. The molecule has 0 aliphatic rings. The lowest BCUT2D eigenvalue weighted by Gasteiger charge is -2.39. The molecule has 0 heterocycles. The summed E-state index contributed by atoms with van der Waals surface area (Å²) in [6.45, 7) is 11.8. The van der Waals surface area contributed by atoms with Crippen molar-refractivity contribution in [3.63, 3.8) is 0 Å². The van der Waals surface area contributed by atoms with E-state index in [9.17, 15) is 19.8 Å². The molecule has 2 N–H and O–H groups in total. The molecule has 0 fully saturated rings. The smallest absolute Gasteiger partial charge is 0.310 e. The van der Waals surface area contributed by atoms with Crippen LogP contribution in [0.5, 0.6) is 0 Å². The molecule has 0 aromatic rings. The molecule has 4 heteroatoms. The molecule has 0 amide bonds. The zero-order valence-electron chi connectivity index (χ0n) is 14.4. The van der Waals surface area contributed by atoms with Gasteiger partial charge < -0.3 is 10.2 Å². The Bertz CT molecular complexity index is 356. The van der Waals surface area contributed by atoms with E-state index in [-0.39, 0.29) is 11.3 Å². The van der Waals surface area contributed by atoms with E-state index in [2.05, 4.69) is 20.8 Å². The minimum Gasteiger partial charge on any atom is -0.481 e. The summed E-state index contributed by atoms with van der Waals surface area (Å²) in [5, 5.41) is 19.4. The van der Waals surface area contributed by atoms with Crippen LogP contribution < -0.4 is 0 Å². The molecule has 0 aliphatic heterocycles. The molecule has 0 spiro atoms. The molecule has 0 saturated carbocycles. The van der Waals surface area contributed by atoms with Crippen molar-refractivity contribution in [3.05, 3.63) is 0 Å². The third-order valence-corrected chi connectivity index (χ3v) is 4.40. The van der Waals surface area contributed by atoms with Gasteiger partial charge >= 0.3 is 11.9 Å². The number of hydrogen-bond donors (Lipinski definition) is 2. The number of carbonyl (C=O) groups is 2. The lowest BCUT2D eigenvalue weighted by atomic mass is 9.63. The third kappa shape index (κ3) is 5.33. The second-order valence-electron chi connectivity index (χ2n) is 7.48. The number of carboxylic acids is 2. The Morgan fingerprint density at radius 1 is 1.10 bits per heavy atom. The molecule has 0 aliphatic carbocycles. The maximum atomic E-state index is 11.9. The lowest BCUT2D eigenvalue weighted by Crippen LogP contribution is -2.46. The van der Waals surface area contributed by atoms with Crippen molar-refractivity contribution in [2.75, 3.05) is 0 Å². The Kier molecular flexibility index (Phi) is 7.41. The van der Waals surface area contributed by atoms with Gasteiger partial charge in [0, 0.05) is 0 Å². The van der Waals surface area contributed by atoms with Crippen molar-refractivity contribution in [1.82, 2.24) is 0 Å². The SMILES string of the molecule is CCCCC(CC)(C(=O)O)C(C(=O)O)C(C)CC(C)(C)C. The van der Waals surface area contributed by atoms with Crippen molar-refractivity contribution in [3.8, 4) is 0 Å². The topological polar surface area (TPSA) is 74.6 Å². The van der Waals surface area contributed by atoms with Crippen LogP contribution in [-0.4, -0.2) is 22.2 Å². The summed E-state index contributed by atoms with van der Waals surface area (Å²) in [5.74, 6) is -2.96. The van der Waals surface area contributed by atoms with Crippen LogP contribution in [0.1, 0.15) is 73.6 Å². The summed E-state index contributed by atoms with van der Waals surface area (Å²) >= 11 is 0. The standard InChI is InChI=1S/C17H32O4/c1-7-9-10-17(8-2,15(20)21)13(14(18)19)12(3)11-16(4,5)6/h12-13H,7-11H2,1-6H3,(H,18,19)(H,20,21). The van der Waals surface area contributed by atoms with E-state index >= 15 is 0 Å². The molecular formula is C17H32O4. The fraction of sp³-hybridized carbons (Fsp3) is 0.882. The molecule has 0 saturated heterocycles. The Morgan fingerprint density at radius 2 is 1.62 bits per heavy atom. The number of aliphatic carboxylic acids is 2. The van der Waals surface area contributed by atoms with E-state index in [0.717, 1.165) is 12.8 Å². The molecular weight excluding hydrogens is 268 g/mol. The average Bonchev–Trinajstić information content (AvgIpc) is 2.30. The van der Waals surface area contributed by atoms with E-state index in [1.165, 1.54) is 0 Å². The minimum absolute atomic E-state index is 0.0180. The van der Waals surface area contributed by atoms with Crippen molar-refractivity contribution >= 4 is 11.9 Å². The van der Waals surface area contributed by atoms with E-state index in [0.29, 0.717) is 19.3 Å². The predicted molar refractivity (Wildman–Crippen MR) is 84.2 cm³/mol. The molecule has 124 valence electrons. The van der Waals surface area contributed by atoms with Gasteiger partial charge in [0.2, 0.25) is 0 Å². The molecule has 21 heavy (non-hydrogen) atoms. The molecule has 0 aromatic carbocycles. The molecule has 0 bridgehead atoms. The highest BCUT2D eigenvalue weighted by atomic mass is 16.4. The summed E-state index contributed by atoms with van der Waals surface area (Å²) in [5.41, 5.74) is -1.18. The van der Waals surface area contributed by atoms with Gasteiger partial charge in [0.15, 0.2) is 0 Å². The van der Waals surface area contributed by atoms with Crippen LogP contribution in [-0.2, 0) is 9.59 Å². The monoisotopic (exact) mass is 300 g/mol. The van der Waals surface area contributed by atoms with Crippen LogP contribution in [0.3, 0.4) is 0 Å². The normalized spacial score (nSPS) is 17.8. The maximum Gasteiger partial charge on any atom is 0.310 e. The summed E-state index contributed by atoms with van der Waals surface area (Å²) in [6.07, 6.45) is 3.10. The summed E-state index contributed by atoms with van der Waals surface area (Å²) in [7, 11) is 0. The van der Waals surface area contributed by atoms with Crippen LogP contribution in [0.4, 0.5) is 0 Å². The second-order valence-corrected chi connectivity index (χ2v) is 7.48. The quantitative estimate of drug-likeness (QED) is 0.660. The first kappa shape index (κ1) is 19.9. The van der Waals surface area contributed by atoms with Gasteiger partial charge in [-0.1, -0.05) is 54.4 Å². The first-order valence-electron chi connectivity index (χ1n) is 7.98. The van der Waals surface area contributed by atoms with Crippen LogP contribution >= 0.6 is 0 Å². The van der Waals surface area contributed by atoms with Gasteiger partial charge in [0.25, 0.3) is 0 Å². The van der Waals surface area contributed by atoms with Gasteiger partial charge in [-0.3, -0.25) is 9.59 Å². The van der Waals surface area contributed by atoms with E-state index < -0.39 is 23.3 Å². The molecule has 3 unspecified atom stereocenters. The second kappa shape index (κ2) is 7.81. The van der Waals surface area contributed by atoms with Crippen LogP contribution in [0.15, 0.2) is 0 Å². The maximum absolute atomic E-state index is 11.9. The largest absolute Gasteiger partial charge is 0.481 e. The van der Waals surface area contributed by atoms with Gasteiger partial charge in [-0.2, -0.15) is 0 Å². The Hall–Kier alpha value is -1.06. The number of unbranched alkanes of at least 4 members (excludes halogenated alkanes) is 1. The van der Waals surface area contributed by atoms with Gasteiger partial charge in [-0.25, -0.2) is 0 Å². The van der Waals surface area contributed by atoms with Gasteiger partial charge in [0.1, 0.15) is 0 Å². The molecule has 4 nitrogen and oxygen atoms in total. The van der Waals surface area contributed by atoms with Crippen LogP contribution in [0.2, 0.25) is 0 Å². The summed E-state index contributed by atoms with van der Waals surface area (Å²) in [6, 6.07) is 0. The first-order valence-corrected chi connectivity index (χ1v) is 7.98. The highest BCUT2D eigenvalue weighted by molar-refractivity contribution is 5.83. The van der Waals surface area contributed by atoms with Gasteiger partial charge in [-0.05, 0) is 30.6 Å². The van der Waals surface area contributed by atoms with Crippen LogP contribution in [0, 0.1) is 22.7 Å². The van der Waals surface area contributed by atoms with Crippen molar-refractivity contribution in [2.45, 2.75) is 73.6 Å². The van der Waals surface area contributed by atoms with E-state index in [4.69, 9.17) is 0 Å². The van der Waals surface area contributed by atoms with Crippen molar-refractivity contribution in [1.29, 1.82) is 0 Å². The summed E-state index contributed by atoms with van der Waals surface area (Å²) in [4.78, 5) is 23.7. The van der Waals surface area contributed by atoms with Crippen molar-refractivity contribution in [2.24, 2.45) is 22.7 Å². The number of hydrogen-bond acceptors (Lipinski definition) is 2. The number of rotatable bonds is 9. The van der Waals surface area contributed by atoms with E-state index in [1.807, 2.05) is 13.8 Å². The highest BCUT2D eigenvalue weighted by Gasteiger charge is 2.50. The number of carboxylic acid groups (broad SMARTS) is 2. The molecule has 0 radical (unpaired) electrons. The fourth-order valence-electron chi connectivity index (χ4n) is 3.54. The average molecular weight is 300 g/mol.